The molecule has 0 aliphatic heterocycles. The first-order chi connectivity index (χ1) is 28.2. The second kappa shape index (κ2) is 12.8. The standard InChI is InChI=1S/C51H30N4S2/c1-3-13-31(14-4-1)49-52-50(32-15-5-2-6-16-32)54-51(53-49)40-21-12-24-45-47(40)39-27-26-34(30-46(39)56-45)55-42-22-9-7-17-36(42)41-29-33(25-28-43(41)55)35-19-11-20-38-37-18-8-10-23-44(37)57-48(35)38/h1-30H. The van der Waals surface area contributed by atoms with E-state index in [9.17, 15) is 0 Å². The Labute approximate surface area is 335 Å². The monoisotopic (exact) mass is 762 g/mol. The van der Waals surface area contributed by atoms with Crippen LogP contribution in [-0.4, -0.2) is 19.5 Å². The van der Waals surface area contributed by atoms with Crippen LogP contribution in [0.5, 0.6) is 0 Å². The lowest BCUT2D eigenvalue weighted by Gasteiger charge is -2.10. The fraction of sp³-hybridized carbons (Fsp3) is 0. The number of nitrogens with zero attached hydrogens (tertiary/aromatic N) is 4. The Kier molecular flexibility index (Phi) is 7.24. The summed E-state index contributed by atoms with van der Waals surface area (Å²) in [5, 5.41) is 7.49. The van der Waals surface area contributed by atoms with Crippen LogP contribution in [0.2, 0.25) is 0 Å². The predicted molar refractivity (Wildman–Crippen MR) is 242 cm³/mol. The quantitative estimate of drug-likeness (QED) is 0.175. The van der Waals surface area contributed by atoms with Crippen LogP contribution in [0.15, 0.2) is 182 Å². The molecule has 0 saturated heterocycles. The molecule has 0 fully saturated rings. The van der Waals surface area contributed by atoms with E-state index in [2.05, 4.69) is 150 Å². The number of fused-ring (bicyclic) bond motifs is 9. The third-order valence-electron chi connectivity index (χ3n) is 11.1. The summed E-state index contributed by atoms with van der Waals surface area (Å²) >= 11 is 3.69. The molecule has 0 aliphatic carbocycles. The minimum Gasteiger partial charge on any atom is -0.309 e. The van der Waals surface area contributed by atoms with Gasteiger partial charge in [-0.15, -0.1) is 22.7 Å². The summed E-state index contributed by atoms with van der Waals surface area (Å²) in [6.45, 7) is 0. The highest BCUT2D eigenvalue weighted by molar-refractivity contribution is 7.26. The topological polar surface area (TPSA) is 43.6 Å². The number of benzene rings is 8. The van der Waals surface area contributed by atoms with Crippen molar-refractivity contribution in [3.63, 3.8) is 0 Å². The molecule has 266 valence electrons. The predicted octanol–water partition coefficient (Wildman–Crippen LogP) is 14.4. The van der Waals surface area contributed by atoms with Gasteiger partial charge in [0.25, 0.3) is 0 Å². The average Bonchev–Trinajstić information content (AvgIpc) is 3.96. The van der Waals surface area contributed by atoms with Crippen LogP contribution in [0.4, 0.5) is 0 Å². The molecular formula is C51H30N4S2. The van der Waals surface area contributed by atoms with E-state index in [0.717, 1.165) is 27.8 Å². The molecule has 0 N–H and O–H groups in total. The van der Waals surface area contributed by atoms with E-state index >= 15 is 0 Å². The number of hydrogen-bond donors (Lipinski definition) is 0. The van der Waals surface area contributed by atoms with Gasteiger partial charge < -0.3 is 4.57 Å². The number of thiophene rings is 2. The highest BCUT2D eigenvalue weighted by Gasteiger charge is 2.19. The molecule has 0 bridgehead atoms. The van der Waals surface area contributed by atoms with E-state index in [4.69, 9.17) is 15.0 Å². The average molecular weight is 763 g/mol. The summed E-state index contributed by atoms with van der Waals surface area (Å²) in [5.41, 5.74) is 8.95. The van der Waals surface area contributed by atoms with Crippen molar-refractivity contribution in [2.24, 2.45) is 0 Å². The Morgan fingerprint density at radius 2 is 0.982 bits per heavy atom. The molecule has 4 heterocycles. The summed E-state index contributed by atoms with van der Waals surface area (Å²) in [7, 11) is 0. The van der Waals surface area contributed by atoms with E-state index < -0.39 is 0 Å². The number of para-hydroxylation sites is 1. The van der Waals surface area contributed by atoms with Crippen molar-refractivity contribution < 1.29 is 0 Å². The van der Waals surface area contributed by atoms with Gasteiger partial charge in [-0.3, -0.25) is 0 Å². The first-order valence-electron chi connectivity index (χ1n) is 19.0. The molecule has 8 aromatic carbocycles. The fourth-order valence-corrected chi connectivity index (χ4v) is 10.9. The maximum atomic E-state index is 5.10. The molecule has 0 spiro atoms. The van der Waals surface area contributed by atoms with Crippen molar-refractivity contribution in [2.75, 3.05) is 0 Å². The van der Waals surface area contributed by atoms with Crippen molar-refractivity contribution in [2.45, 2.75) is 0 Å². The van der Waals surface area contributed by atoms with Gasteiger partial charge in [-0.25, -0.2) is 15.0 Å². The van der Waals surface area contributed by atoms with Crippen LogP contribution in [0.3, 0.4) is 0 Å². The smallest absolute Gasteiger partial charge is 0.164 e. The summed E-state index contributed by atoms with van der Waals surface area (Å²) in [4.78, 5) is 15.1. The molecule has 0 amide bonds. The molecule has 0 radical (unpaired) electrons. The van der Waals surface area contributed by atoms with Crippen molar-refractivity contribution >= 4 is 84.8 Å². The Hall–Kier alpha value is -6.99. The number of hydrogen-bond acceptors (Lipinski definition) is 5. The molecule has 57 heavy (non-hydrogen) atoms. The normalized spacial score (nSPS) is 11.9. The minimum absolute atomic E-state index is 0.660. The fourth-order valence-electron chi connectivity index (χ4n) is 8.46. The van der Waals surface area contributed by atoms with E-state index in [1.54, 1.807) is 0 Å². The van der Waals surface area contributed by atoms with Gasteiger partial charge in [0, 0.05) is 73.5 Å². The van der Waals surface area contributed by atoms with Crippen LogP contribution in [0.25, 0.3) is 113 Å². The Morgan fingerprint density at radius 3 is 1.79 bits per heavy atom. The van der Waals surface area contributed by atoms with Crippen LogP contribution >= 0.6 is 22.7 Å². The molecule has 0 atom stereocenters. The zero-order valence-corrected chi connectivity index (χ0v) is 32.1. The van der Waals surface area contributed by atoms with Crippen molar-refractivity contribution in [3.05, 3.63) is 182 Å². The Bertz CT molecular complexity index is 3470. The van der Waals surface area contributed by atoms with Gasteiger partial charge >= 0.3 is 0 Å². The van der Waals surface area contributed by atoms with Crippen LogP contribution < -0.4 is 0 Å². The van der Waals surface area contributed by atoms with Crippen molar-refractivity contribution in [1.82, 2.24) is 19.5 Å². The highest BCUT2D eigenvalue weighted by Crippen LogP contribution is 2.44. The van der Waals surface area contributed by atoms with Gasteiger partial charge in [-0.1, -0.05) is 140 Å². The van der Waals surface area contributed by atoms with Crippen LogP contribution in [0, 0.1) is 0 Å². The largest absolute Gasteiger partial charge is 0.309 e. The van der Waals surface area contributed by atoms with Gasteiger partial charge in [0.2, 0.25) is 0 Å². The molecular weight excluding hydrogens is 733 g/mol. The molecule has 0 saturated carbocycles. The molecule has 4 nitrogen and oxygen atoms in total. The maximum Gasteiger partial charge on any atom is 0.164 e. The number of aromatic nitrogens is 4. The summed E-state index contributed by atoms with van der Waals surface area (Å²) < 4.78 is 7.49. The number of rotatable bonds is 5. The minimum atomic E-state index is 0.660. The lowest BCUT2D eigenvalue weighted by Crippen LogP contribution is -2.00. The highest BCUT2D eigenvalue weighted by atomic mass is 32.1. The Balaban J connectivity index is 1.02. The van der Waals surface area contributed by atoms with Crippen molar-refractivity contribution in [3.8, 4) is 51.0 Å². The van der Waals surface area contributed by atoms with Gasteiger partial charge in [-0.05, 0) is 53.6 Å². The Morgan fingerprint density at radius 1 is 0.351 bits per heavy atom. The van der Waals surface area contributed by atoms with E-state index in [-0.39, 0.29) is 0 Å². The van der Waals surface area contributed by atoms with Crippen molar-refractivity contribution in [1.29, 1.82) is 0 Å². The van der Waals surface area contributed by atoms with Gasteiger partial charge in [0.05, 0.1) is 11.0 Å². The van der Waals surface area contributed by atoms with Crippen LogP contribution in [0.1, 0.15) is 0 Å². The molecule has 12 rings (SSSR count). The van der Waals surface area contributed by atoms with E-state index in [1.165, 1.54) is 67.9 Å². The maximum absolute atomic E-state index is 5.10. The SMILES string of the molecule is c1ccc(-c2nc(-c3ccccc3)nc(-c3cccc4sc5cc(-n6c7ccccc7c7cc(-c8cccc9c8sc8ccccc89)ccc76)ccc5c34)n2)cc1. The molecule has 0 unspecified atom stereocenters. The van der Waals surface area contributed by atoms with Gasteiger partial charge in [0.1, 0.15) is 0 Å². The third-order valence-corrected chi connectivity index (χ3v) is 13.4. The molecule has 0 aliphatic rings. The lowest BCUT2D eigenvalue weighted by atomic mass is 10.0. The lowest BCUT2D eigenvalue weighted by molar-refractivity contribution is 1.08. The molecule has 6 heteroatoms. The van der Waals surface area contributed by atoms with Gasteiger partial charge in [0.15, 0.2) is 17.5 Å². The van der Waals surface area contributed by atoms with E-state index in [0.29, 0.717) is 17.5 Å². The summed E-state index contributed by atoms with van der Waals surface area (Å²) in [6, 6.07) is 64.9. The first-order valence-corrected chi connectivity index (χ1v) is 20.7. The zero-order chi connectivity index (χ0) is 37.5. The summed E-state index contributed by atoms with van der Waals surface area (Å²) in [6.07, 6.45) is 0. The van der Waals surface area contributed by atoms with Crippen LogP contribution in [-0.2, 0) is 0 Å². The second-order valence-corrected chi connectivity index (χ2v) is 16.5. The third kappa shape index (κ3) is 5.15. The van der Waals surface area contributed by atoms with Gasteiger partial charge in [-0.2, -0.15) is 0 Å². The van der Waals surface area contributed by atoms with E-state index in [1.807, 2.05) is 59.1 Å². The second-order valence-electron chi connectivity index (χ2n) is 14.4. The first kappa shape index (κ1) is 32.3. The molecule has 4 aromatic heterocycles. The summed E-state index contributed by atoms with van der Waals surface area (Å²) in [5.74, 6) is 1.99. The zero-order valence-electron chi connectivity index (χ0n) is 30.4. The molecule has 12 aromatic rings.